The van der Waals surface area contributed by atoms with Crippen molar-refractivity contribution in [3.63, 3.8) is 0 Å². The molecule has 0 radical (unpaired) electrons. The fraction of sp³-hybridized carbons (Fsp3) is 0.174. The number of methoxy groups -OCH3 is 1. The van der Waals surface area contributed by atoms with Crippen molar-refractivity contribution in [2.24, 2.45) is 0 Å². The van der Waals surface area contributed by atoms with Gasteiger partial charge in [0.25, 0.3) is 5.91 Å². The molecule has 0 aliphatic heterocycles. The van der Waals surface area contributed by atoms with Crippen LogP contribution in [-0.4, -0.2) is 29.3 Å². The number of nitrogens with zero attached hydrogens (tertiary/aromatic N) is 2. The molecule has 152 valence electrons. The first-order valence-electron chi connectivity index (χ1n) is 9.53. The molecule has 1 N–H and O–H groups in total. The minimum atomic E-state index is -0.681. The van der Waals surface area contributed by atoms with Gasteiger partial charge in [0.15, 0.2) is 6.10 Å². The van der Waals surface area contributed by atoms with E-state index in [9.17, 15) is 4.79 Å². The lowest BCUT2D eigenvalue weighted by Gasteiger charge is -2.15. The lowest BCUT2D eigenvalue weighted by atomic mass is 10.1. The van der Waals surface area contributed by atoms with Crippen LogP contribution < -0.4 is 14.8 Å². The van der Waals surface area contributed by atoms with Crippen LogP contribution in [0, 0.1) is 0 Å². The number of aromatic nitrogens is 2. The van der Waals surface area contributed by atoms with Gasteiger partial charge in [0.1, 0.15) is 11.5 Å². The van der Waals surface area contributed by atoms with Gasteiger partial charge in [-0.3, -0.25) is 4.79 Å². The third-order valence-electron chi connectivity index (χ3n) is 4.65. The Balaban J connectivity index is 1.36. The molecular weight excluding hydrogens is 382 g/mol. The first-order valence-corrected chi connectivity index (χ1v) is 9.53. The molecule has 7 heteroatoms. The van der Waals surface area contributed by atoms with Gasteiger partial charge in [-0.05, 0) is 42.6 Å². The average Bonchev–Trinajstić information content (AvgIpc) is 3.27. The lowest BCUT2D eigenvalue weighted by Crippen LogP contribution is -2.36. The number of hydrogen-bond acceptors (Lipinski definition) is 6. The van der Waals surface area contributed by atoms with Crippen LogP contribution in [0.4, 0.5) is 0 Å². The Morgan fingerprint density at radius 2 is 1.83 bits per heavy atom. The summed E-state index contributed by atoms with van der Waals surface area (Å²) in [5, 5.41) is 8.74. The number of hydrogen-bond donors (Lipinski definition) is 1. The molecule has 1 heterocycles. The second-order valence-corrected chi connectivity index (χ2v) is 6.70. The van der Waals surface area contributed by atoms with E-state index in [1.165, 1.54) is 0 Å². The number of amides is 1. The van der Waals surface area contributed by atoms with Gasteiger partial charge in [0.2, 0.25) is 11.7 Å². The zero-order valence-corrected chi connectivity index (χ0v) is 16.7. The fourth-order valence-electron chi connectivity index (χ4n) is 3.03. The third-order valence-corrected chi connectivity index (χ3v) is 4.65. The first kappa shape index (κ1) is 19.4. The monoisotopic (exact) mass is 403 g/mol. The first-order chi connectivity index (χ1) is 14.6. The van der Waals surface area contributed by atoms with Gasteiger partial charge in [0.05, 0.1) is 13.7 Å². The van der Waals surface area contributed by atoms with Crippen molar-refractivity contribution >= 4 is 16.7 Å². The van der Waals surface area contributed by atoms with Gasteiger partial charge in [0, 0.05) is 10.9 Å². The molecule has 1 amide bonds. The summed E-state index contributed by atoms with van der Waals surface area (Å²) in [6.45, 7) is 1.82. The maximum Gasteiger partial charge on any atom is 0.261 e. The standard InChI is InChI=1S/C23H21N3O4/c1-15(29-20-9-5-7-16-6-3-4-8-19(16)20)23(27)24-14-21-25-22(26-30-21)17-10-12-18(28-2)13-11-17/h3-13,15H,14H2,1-2H3,(H,24,27)/t15-/m1/s1. The number of carbonyl (C=O) groups excluding carboxylic acids is 1. The van der Waals surface area contributed by atoms with Gasteiger partial charge in [-0.1, -0.05) is 41.6 Å². The zero-order chi connectivity index (χ0) is 20.9. The van der Waals surface area contributed by atoms with E-state index in [2.05, 4.69) is 15.5 Å². The minimum Gasteiger partial charge on any atom is -0.497 e. The van der Waals surface area contributed by atoms with Crippen LogP contribution in [0.3, 0.4) is 0 Å². The van der Waals surface area contributed by atoms with Crippen LogP contribution in [0.15, 0.2) is 71.3 Å². The van der Waals surface area contributed by atoms with Crippen molar-refractivity contribution in [1.82, 2.24) is 15.5 Å². The van der Waals surface area contributed by atoms with Crippen LogP contribution in [0.1, 0.15) is 12.8 Å². The fourth-order valence-corrected chi connectivity index (χ4v) is 3.03. The molecular formula is C23H21N3O4. The zero-order valence-electron chi connectivity index (χ0n) is 16.7. The molecule has 0 fully saturated rings. The Bertz CT molecular complexity index is 1150. The van der Waals surface area contributed by atoms with Crippen LogP contribution >= 0.6 is 0 Å². The predicted octanol–water partition coefficient (Wildman–Crippen LogP) is 3.98. The summed E-state index contributed by atoms with van der Waals surface area (Å²) < 4.78 is 16.3. The molecule has 1 atom stereocenters. The second-order valence-electron chi connectivity index (χ2n) is 6.70. The minimum absolute atomic E-state index is 0.116. The molecule has 0 aliphatic rings. The van der Waals surface area contributed by atoms with Gasteiger partial charge in [-0.15, -0.1) is 0 Å². The number of fused-ring (bicyclic) bond motifs is 1. The van der Waals surface area contributed by atoms with E-state index in [0.29, 0.717) is 17.5 Å². The summed E-state index contributed by atoms with van der Waals surface area (Å²) in [5.41, 5.74) is 0.796. The van der Waals surface area contributed by atoms with E-state index < -0.39 is 6.10 Å². The van der Waals surface area contributed by atoms with E-state index in [1.807, 2.05) is 66.7 Å². The molecule has 3 aromatic carbocycles. The number of ether oxygens (including phenoxy) is 2. The smallest absolute Gasteiger partial charge is 0.261 e. The van der Waals surface area contributed by atoms with Crippen molar-refractivity contribution in [2.45, 2.75) is 19.6 Å². The third kappa shape index (κ3) is 4.25. The maximum atomic E-state index is 12.5. The number of nitrogens with one attached hydrogen (secondary N) is 1. The molecule has 0 spiro atoms. The Morgan fingerprint density at radius 3 is 2.63 bits per heavy atom. The van der Waals surface area contributed by atoms with Crippen molar-refractivity contribution in [1.29, 1.82) is 0 Å². The molecule has 1 aromatic heterocycles. The molecule has 0 saturated carbocycles. The van der Waals surface area contributed by atoms with Crippen molar-refractivity contribution < 1.29 is 18.8 Å². The predicted molar refractivity (Wildman–Crippen MR) is 112 cm³/mol. The number of carbonyl (C=O) groups is 1. The summed E-state index contributed by atoms with van der Waals surface area (Å²) in [4.78, 5) is 16.8. The quantitative estimate of drug-likeness (QED) is 0.502. The molecule has 0 bridgehead atoms. The maximum absolute atomic E-state index is 12.5. The number of benzene rings is 3. The Morgan fingerprint density at radius 1 is 1.07 bits per heavy atom. The molecule has 4 rings (SSSR count). The molecule has 7 nitrogen and oxygen atoms in total. The van der Waals surface area contributed by atoms with Gasteiger partial charge >= 0.3 is 0 Å². The topological polar surface area (TPSA) is 86.5 Å². The van der Waals surface area contributed by atoms with Gasteiger partial charge in [-0.2, -0.15) is 4.98 Å². The van der Waals surface area contributed by atoms with Crippen LogP contribution in [-0.2, 0) is 11.3 Å². The van der Waals surface area contributed by atoms with Crippen LogP contribution in [0.5, 0.6) is 11.5 Å². The highest BCUT2D eigenvalue weighted by molar-refractivity contribution is 5.89. The summed E-state index contributed by atoms with van der Waals surface area (Å²) in [6.07, 6.45) is -0.681. The van der Waals surface area contributed by atoms with E-state index in [4.69, 9.17) is 14.0 Å². The van der Waals surface area contributed by atoms with Crippen LogP contribution in [0.25, 0.3) is 22.2 Å². The molecule has 0 saturated heterocycles. The highest BCUT2D eigenvalue weighted by atomic mass is 16.5. The molecule has 30 heavy (non-hydrogen) atoms. The van der Waals surface area contributed by atoms with Gasteiger partial charge < -0.3 is 19.3 Å². The Labute approximate surface area is 173 Å². The van der Waals surface area contributed by atoms with Crippen molar-refractivity contribution in [2.75, 3.05) is 7.11 Å². The van der Waals surface area contributed by atoms with Gasteiger partial charge in [-0.25, -0.2) is 0 Å². The largest absolute Gasteiger partial charge is 0.497 e. The summed E-state index contributed by atoms with van der Waals surface area (Å²) in [5.74, 6) is 1.89. The Hall–Kier alpha value is -3.87. The highest BCUT2D eigenvalue weighted by Crippen LogP contribution is 2.26. The normalized spacial score (nSPS) is 11.8. The summed E-state index contributed by atoms with van der Waals surface area (Å²) in [7, 11) is 1.61. The molecule has 0 aliphatic carbocycles. The Kier molecular flexibility index (Phi) is 5.61. The molecule has 0 unspecified atom stereocenters. The van der Waals surface area contributed by atoms with E-state index in [1.54, 1.807) is 14.0 Å². The van der Waals surface area contributed by atoms with Crippen molar-refractivity contribution in [3.05, 3.63) is 72.6 Å². The molecule has 4 aromatic rings. The van der Waals surface area contributed by atoms with E-state index in [-0.39, 0.29) is 12.5 Å². The summed E-state index contributed by atoms with van der Waals surface area (Å²) >= 11 is 0. The number of rotatable bonds is 7. The van der Waals surface area contributed by atoms with Crippen molar-refractivity contribution in [3.8, 4) is 22.9 Å². The average molecular weight is 403 g/mol. The lowest BCUT2D eigenvalue weighted by molar-refractivity contribution is -0.127. The second kappa shape index (κ2) is 8.65. The highest BCUT2D eigenvalue weighted by Gasteiger charge is 2.17. The SMILES string of the molecule is COc1ccc(-c2noc(CNC(=O)[C@@H](C)Oc3cccc4ccccc34)n2)cc1. The van der Waals surface area contributed by atoms with E-state index >= 15 is 0 Å². The van der Waals surface area contributed by atoms with Crippen LogP contribution in [0.2, 0.25) is 0 Å². The van der Waals surface area contributed by atoms with E-state index in [0.717, 1.165) is 22.1 Å². The summed E-state index contributed by atoms with van der Waals surface area (Å²) in [6, 6.07) is 21.0.